The van der Waals surface area contributed by atoms with Crippen molar-refractivity contribution in [1.29, 1.82) is 0 Å². The van der Waals surface area contributed by atoms with Gasteiger partial charge in [0.2, 0.25) is 0 Å². The molecular formula is C43H25N5. The Morgan fingerprint density at radius 1 is 0.333 bits per heavy atom. The number of pyridine rings is 5. The first-order valence-corrected chi connectivity index (χ1v) is 16.0. The second-order valence-electron chi connectivity index (χ2n) is 12.1. The zero-order chi connectivity index (χ0) is 31.6. The molecule has 5 heteroatoms. The predicted molar refractivity (Wildman–Crippen MR) is 197 cm³/mol. The fourth-order valence-corrected chi connectivity index (χ4v) is 6.88. The Balaban J connectivity index is 1.15. The van der Waals surface area contributed by atoms with E-state index in [1.54, 1.807) is 0 Å². The molecule has 5 aromatic heterocycles. The van der Waals surface area contributed by atoms with Crippen LogP contribution in [0.1, 0.15) is 0 Å². The number of rotatable bonds is 3. The van der Waals surface area contributed by atoms with Gasteiger partial charge in [-0.25, -0.2) is 19.9 Å². The Morgan fingerprint density at radius 3 is 1.73 bits per heavy atom. The Morgan fingerprint density at radius 2 is 0.938 bits per heavy atom. The lowest BCUT2D eigenvalue weighted by Gasteiger charge is -2.12. The van der Waals surface area contributed by atoms with Gasteiger partial charge in [0.05, 0.1) is 39.1 Å². The van der Waals surface area contributed by atoms with Crippen LogP contribution in [0.5, 0.6) is 0 Å². The van der Waals surface area contributed by atoms with Crippen molar-refractivity contribution in [3.05, 3.63) is 152 Å². The molecule has 0 unspecified atom stereocenters. The van der Waals surface area contributed by atoms with Gasteiger partial charge in [0, 0.05) is 55.2 Å². The van der Waals surface area contributed by atoms with Crippen LogP contribution in [0.15, 0.2) is 152 Å². The van der Waals surface area contributed by atoms with Crippen LogP contribution in [0.2, 0.25) is 0 Å². The zero-order valence-corrected chi connectivity index (χ0v) is 25.7. The summed E-state index contributed by atoms with van der Waals surface area (Å²) in [4.78, 5) is 25.3. The number of aromatic nitrogens is 5. The second-order valence-corrected chi connectivity index (χ2v) is 12.1. The highest BCUT2D eigenvalue weighted by molar-refractivity contribution is 6.15. The van der Waals surface area contributed by atoms with Crippen molar-refractivity contribution >= 4 is 65.4 Å². The van der Waals surface area contributed by atoms with Crippen LogP contribution in [0.4, 0.5) is 0 Å². The molecule has 0 aliphatic rings. The molecule has 0 aliphatic carbocycles. The summed E-state index contributed by atoms with van der Waals surface area (Å²) < 4.78 is 0. The van der Waals surface area contributed by atoms with Gasteiger partial charge in [0.25, 0.3) is 0 Å². The van der Waals surface area contributed by atoms with E-state index in [0.717, 1.165) is 93.5 Å². The van der Waals surface area contributed by atoms with E-state index in [0.29, 0.717) is 5.65 Å². The van der Waals surface area contributed by atoms with E-state index in [2.05, 4.69) is 126 Å². The first kappa shape index (κ1) is 26.6. The summed E-state index contributed by atoms with van der Waals surface area (Å²) in [6.45, 7) is 0. The van der Waals surface area contributed by atoms with Crippen molar-refractivity contribution in [3.8, 4) is 33.8 Å². The van der Waals surface area contributed by atoms with Gasteiger partial charge in [-0.1, -0.05) is 115 Å². The first-order chi connectivity index (χ1) is 23.8. The molecule has 0 saturated carbocycles. The molecule has 0 spiro atoms. The van der Waals surface area contributed by atoms with Gasteiger partial charge in [0.1, 0.15) is 0 Å². The van der Waals surface area contributed by atoms with Crippen molar-refractivity contribution in [1.82, 2.24) is 24.9 Å². The minimum Gasteiger partial charge on any atom is -0.254 e. The van der Waals surface area contributed by atoms with Crippen molar-refractivity contribution < 1.29 is 0 Å². The molecule has 0 saturated heterocycles. The molecule has 0 amide bonds. The van der Waals surface area contributed by atoms with E-state index in [-0.39, 0.29) is 0 Å². The minimum absolute atomic E-state index is 0.704. The number of nitrogens with zero attached hydrogens (tertiary/aromatic N) is 5. The maximum absolute atomic E-state index is 5.23. The van der Waals surface area contributed by atoms with E-state index >= 15 is 0 Å². The van der Waals surface area contributed by atoms with Crippen molar-refractivity contribution in [2.75, 3.05) is 0 Å². The summed E-state index contributed by atoms with van der Waals surface area (Å²) in [6, 6.07) is 50.3. The van der Waals surface area contributed by atoms with Gasteiger partial charge < -0.3 is 0 Å². The molecule has 0 N–H and O–H groups in total. The van der Waals surface area contributed by atoms with Crippen LogP contribution < -0.4 is 0 Å². The lowest BCUT2D eigenvalue weighted by molar-refractivity contribution is 1.33. The maximum atomic E-state index is 5.23. The number of hydrogen-bond donors (Lipinski definition) is 0. The lowest BCUT2D eigenvalue weighted by Crippen LogP contribution is -1.94. The third-order valence-electron chi connectivity index (χ3n) is 9.25. The van der Waals surface area contributed by atoms with E-state index in [4.69, 9.17) is 19.9 Å². The zero-order valence-electron chi connectivity index (χ0n) is 25.7. The molecule has 5 heterocycles. The molecule has 0 radical (unpaired) electrons. The summed E-state index contributed by atoms with van der Waals surface area (Å²) in [5, 5.41) is 7.46. The first-order valence-electron chi connectivity index (χ1n) is 16.0. The van der Waals surface area contributed by atoms with Crippen LogP contribution in [0.25, 0.3) is 99.2 Å². The lowest BCUT2D eigenvalue weighted by atomic mass is 9.98. The third-order valence-corrected chi connectivity index (χ3v) is 9.25. The SMILES string of the molecule is c1ccc(-c2ccc3ccc4ccc(-c5cccc(-c6nc7nc8c(ccc9cccnc98)cc7c7ccccc67)c5)nc4c3n2)cc1. The van der Waals surface area contributed by atoms with Gasteiger partial charge >= 0.3 is 0 Å². The fourth-order valence-electron chi connectivity index (χ4n) is 6.88. The largest absolute Gasteiger partial charge is 0.254 e. The Hall–Kier alpha value is -6.59. The summed E-state index contributed by atoms with van der Waals surface area (Å²) >= 11 is 0. The summed E-state index contributed by atoms with van der Waals surface area (Å²) in [5.74, 6) is 0. The van der Waals surface area contributed by atoms with Gasteiger partial charge in [-0.15, -0.1) is 0 Å². The van der Waals surface area contributed by atoms with Crippen LogP contribution in [-0.4, -0.2) is 24.9 Å². The molecular weight excluding hydrogens is 587 g/mol. The number of fused-ring (bicyclic) bond motifs is 9. The highest BCUT2D eigenvalue weighted by Crippen LogP contribution is 2.36. The third kappa shape index (κ3) is 4.22. The summed E-state index contributed by atoms with van der Waals surface area (Å²) in [6.07, 6.45) is 1.82. The van der Waals surface area contributed by atoms with Crippen molar-refractivity contribution in [3.63, 3.8) is 0 Å². The normalized spacial score (nSPS) is 11.8. The van der Waals surface area contributed by atoms with Gasteiger partial charge in [0.15, 0.2) is 5.65 Å². The molecule has 5 aromatic carbocycles. The Bertz CT molecular complexity index is 2900. The smallest absolute Gasteiger partial charge is 0.161 e. The molecule has 48 heavy (non-hydrogen) atoms. The van der Waals surface area contributed by atoms with Gasteiger partial charge in [-0.3, -0.25) is 4.98 Å². The van der Waals surface area contributed by atoms with Crippen LogP contribution in [0.3, 0.4) is 0 Å². The average molecular weight is 612 g/mol. The Kier molecular flexibility index (Phi) is 5.81. The molecule has 222 valence electrons. The van der Waals surface area contributed by atoms with Crippen LogP contribution >= 0.6 is 0 Å². The molecule has 0 bridgehead atoms. The molecule has 0 aliphatic heterocycles. The average Bonchev–Trinajstić information content (AvgIpc) is 3.17. The number of benzene rings is 5. The monoisotopic (exact) mass is 611 g/mol. The molecule has 0 atom stereocenters. The minimum atomic E-state index is 0.704. The maximum Gasteiger partial charge on any atom is 0.161 e. The molecule has 10 rings (SSSR count). The van der Waals surface area contributed by atoms with Crippen molar-refractivity contribution in [2.24, 2.45) is 0 Å². The molecule has 5 nitrogen and oxygen atoms in total. The fraction of sp³-hybridized carbons (Fsp3) is 0. The topological polar surface area (TPSA) is 64.5 Å². The molecule has 10 aromatic rings. The van der Waals surface area contributed by atoms with Crippen LogP contribution in [0, 0.1) is 0 Å². The predicted octanol–water partition coefficient (Wildman–Crippen LogP) is 10.6. The van der Waals surface area contributed by atoms with E-state index < -0.39 is 0 Å². The highest BCUT2D eigenvalue weighted by Gasteiger charge is 2.15. The van der Waals surface area contributed by atoms with Crippen LogP contribution in [-0.2, 0) is 0 Å². The van der Waals surface area contributed by atoms with E-state index in [9.17, 15) is 0 Å². The van der Waals surface area contributed by atoms with Gasteiger partial charge in [-0.2, -0.15) is 0 Å². The van der Waals surface area contributed by atoms with E-state index in [1.807, 2.05) is 30.5 Å². The molecule has 0 fully saturated rings. The summed E-state index contributed by atoms with van der Waals surface area (Å²) in [5.41, 5.74) is 10.0. The quantitative estimate of drug-likeness (QED) is 0.147. The van der Waals surface area contributed by atoms with E-state index in [1.165, 1.54) is 0 Å². The highest BCUT2D eigenvalue weighted by atomic mass is 14.9. The standard InChI is InChI=1S/C43H25N5/c1-2-8-26(9-3-1)36-21-19-28-15-16-29-20-22-37(46-41(29)40(28)45-36)30-10-6-11-31(24-30)38-34-14-5-4-13-33(34)35-25-32-18-17-27-12-7-23-44-39(27)42(32)48-43(35)47-38/h1-25H. The summed E-state index contributed by atoms with van der Waals surface area (Å²) in [7, 11) is 0. The Labute approximate surface area is 275 Å². The van der Waals surface area contributed by atoms with Crippen molar-refractivity contribution in [2.45, 2.75) is 0 Å². The second kappa shape index (κ2) is 10.5. The number of hydrogen-bond acceptors (Lipinski definition) is 5. The van der Waals surface area contributed by atoms with Gasteiger partial charge in [-0.05, 0) is 35.7 Å².